The van der Waals surface area contributed by atoms with Crippen LogP contribution in [0.2, 0.25) is 0 Å². The molecule has 0 saturated heterocycles. The van der Waals surface area contributed by atoms with Gasteiger partial charge in [0.05, 0.1) is 29.3 Å². The largest absolute Gasteiger partial charge is 0.416 e. The third-order valence-electron chi connectivity index (χ3n) is 4.91. The molecular weight excluding hydrogens is 373 g/mol. The van der Waals surface area contributed by atoms with Crippen molar-refractivity contribution in [3.05, 3.63) is 70.8 Å². The van der Waals surface area contributed by atoms with Crippen LogP contribution in [0.1, 0.15) is 39.4 Å². The Kier molecular flexibility index (Phi) is 5.40. The normalized spacial score (nSPS) is 24.6. The van der Waals surface area contributed by atoms with E-state index in [4.69, 9.17) is 5.26 Å². The molecule has 0 spiro atoms. The Hall–Kier alpha value is -2.89. The SMILES string of the molecule is N#Cc1cccc(C(=O)N[C@H]2[C@H](O)[C@H](O)C[C@@H]2c2ccc(C(F)(F)F)cc2)c1. The standard InChI is InChI=1S/C20H17F3N2O3/c21-20(22,23)14-6-4-12(5-7-14)15-9-16(26)18(27)17(15)25-19(28)13-3-1-2-11(8-13)10-24/h1-8,15-18,26-27H,9H2,(H,25,28)/t15-,16-,17-,18-/m1/s1. The second-order valence-electron chi connectivity index (χ2n) is 6.71. The molecule has 0 heterocycles. The van der Waals surface area contributed by atoms with Gasteiger partial charge in [-0.3, -0.25) is 4.79 Å². The maximum atomic E-state index is 12.8. The van der Waals surface area contributed by atoms with Gasteiger partial charge >= 0.3 is 6.18 Å². The topological polar surface area (TPSA) is 93.4 Å². The van der Waals surface area contributed by atoms with Gasteiger partial charge in [0.25, 0.3) is 5.91 Å². The molecule has 3 N–H and O–H groups in total. The van der Waals surface area contributed by atoms with Crippen molar-refractivity contribution in [2.75, 3.05) is 0 Å². The number of carbonyl (C=O) groups is 1. The van der Waals surface area contributed by atoms with Gasteiger partial charge in [0.1, 0.15) is 6.10 Å². The van der Waals surface area contributed by atoms with Gasteiger partial charge in [0.15, 0.2) is 0 Å². The van der Waals surface area contributed by atoms with E-state index < -0.39 is 41.8 Å². The lowest BCUT2D eigenvalue weighted by Crippen LogP contribution is -2.45. The van der Waals surface area contributed by atoms with Crippen molar-refractivity contribution < 1.29 is 28.2 Å². The van der Waals surface area contributed by atoms with Crippen molar-refractivity contribution in [2.45, 2.75) is 36.8 Å². The van der Waals surface area contributed by atoms with Gasteiger partial charge in [-0.25, -0.2) is 0 Å². The van der Waals surface area contributed by atoms with Crippen molar-refractivity contribution in [3.8, 4) is 6.07 Å². The fourth-order valence-electron chi connectivity index (χ4n) is 3.44. The van der Waals surface area contributed by atoms with Crippen LogP contribution in [0.4, 0.5) is 13.2 Å². The molecule has 3 rings (SSSR count). The number of benzene rings is 2. The predicted octanol–water partition coefficient (Wildman–Crippen LogP) is 2.58. The predicted molar refractivity (Wildman–Crippen MR) is 93.2 cm³/mol. The van der Waals surface area contributed by atoms with E-state index in [-0.39, 0.29) is 12.0 Å². The Bertz CT molecular complexity index is 906. The molecule has 2 aromatic carbocycles. The monoisotopic (exact) mass is 390 g/mol. The Labute approximate surface area is 159 Å². The molecule has 4 atom stereocenters. The van der Waals surface area contributed by atoms with Gasteiger partial charge in [-0.15, -0.1) is 0 Å². The zero-order chi connectivity index (χ0) is 20.5. The first-order valence-electron chi connectivity index (χ1n) is 8.55. The highest BCUT2D eigenvalue weighted by Crippen LogP contribution is 2.37. The molecule has 8 heteroatoms. The summed E-state index contributed by atoms with van der Waals surface area (Å²) in [6, 6.07) is 11.4. The van der Waals surface area contributed by atoms with E-state index in [1.807, 2.05) is 6.07 Å². The van der Waals surface area contributed by atoms with E-state index in [0.29, 0.717) is 11.1 Å². The van der Waals surface area contributed by atoms with Crippen LogP contribution in [0.25, 0.3) is 0 Å². The molecular formula is C20H17F3N2O3. The smallest absolute Gasteiger partial charge is 0.390 e. The van der Waals surface area contributed by atoms with Crippen LogP contribution >= 0.6 is 0 Å². The van der Waals surface area contributed by atoms with Gasteiger partial charge in [-0.1, -0.05) is 18.2 Å². The van der Waals surface area contributed by atoms with Crippen LogP contribution in [0.5, 0.6) is 0 Å². The number of hydrogen-bond acceptors (Lipinski definition) is 4. The number of halogens is 3. The summed E-state index contributed by atoms with van der Waals surface area (Å²) in [4.78, 5) is 12.5. The number of alkyl halides is 3. The van der Waals surface area contributed by atoms with Crippen molar-refractivity contribution in [1.82, 2.24) is 5.32 Å². The summed E-state index contributed by atoms with van der Waals surface area (Å²) in [5.74, 6) is -1.11. The first-order chi connectivity index (χ1) is 13.2. The van der Waals surface area contributed by atoms with E-state index in [0.717, 1.165) is 12.1 Å². The molecule has 1 aliphatic carbocycles. The van der Waals surface area contributed by atoms with Crippen molar-refractivity contribution in [2.24, 2.45) is 0 Å². The van der Waals surface area contributed by atoms with Crippen LogP contribution < -0.4 is 5.32 Å². The van der Waals surface area contributed by atoms with Gasteiger partial charge in [0.2, 0.25) is 0 Å². The number of aliphatic hydroxyl groups is 2. The molecule has 0 aromatic heterocycles. The van der Waals surface area contributed by atoms with Crippen LogP contribution in [-0.2, 0) is 6.18 Å². The number of carbonyl (C=O) groups excluding carboxylic acids is 1. The Morgan fingerprint density at radius 1 is 1.14 bits per heavy atom. The summed E-state index contributed by atoms with van der Waals surface area (Å²) in [6.45, 7) is 0. The van der Waals surface area contributed by atoms with Crippen LogP contribution in [0.15, 0.2) is 48.5 Å². The first-order valence-corrected chi connectivity index (χ1v) is 8.55. The second-order valence-corrected chi connectivity index (χ2v) is 6.71. The molecule has 0 unspecified atom stereocenters. The minimum absolute atomic E-state index is 0.0930. The maximum Gasteiger partial charge on any atom is 0.416 e. The molecule has 28 heavy (non-hydrogen) atoms. The van der Waals surface area contributed by atoms with Gasteiger partial charge in [-0.2, -0.15) is 18.4 Å². The average molecular weight is 390 g/mol. The molecule has 5 nitrogen and oxygen atoms in total. The Morgan fingerprint density at radius 3 is 2.43 bits per heavy atom. The van der Waals surface area contributed by atoms with Crippen LogP contribution in [0.3, 0.4) is 0 Å². The summed E-state index contributed by atoms with van der Waals surface area (Å²) >= 11 is 0. The quantitative estimate of drug-likeness (QED) is 0.751. The number of nitrogens with zero attached hydrogens (tertiary/aromatic N) is 1. The zero-order valence-corrected chi connectivity index (χ0v) is 14.5. The number of rotatable bonds is 3. The van der Waals surface area contributed by atoms with Gasteiger partial charge in [-0.05, 0) is 42.3 Å². The summed E-state index contributed by atoms with van der Waals surface area (Å²) in [7, 11) is 0. The summed E-state index contributed by atoms with van der Waals surface area (Å²) in [6.07, 6.45) is -6.76. The molecule has 1 aliphatic rings. The highest BCUT2D eigenvalue weighted by atomic mass is 19.4. The Morgan fingerprint density at radius 2 is 1.82 bits per heavy atom. The third kappa shape index (κ3) is 4.01. The minimum atomic E-state index is -4.47. The zero-order valence-electron chi connectivity index (χ0n) is 14.5. The lowest BCUT2D eigenvalue weighted by molar-refractivity contribution is -0.137. The van der Waals surface area contributed by atoms with Crippen molar-refractivity contribution >= 4 is 5.91 Å². The van der Waals surface area contributed by atoms with E-state index in [1.165, 1.54) is 30.3 Å². The summed E-state index contributed by atoms with van der Waals surface area (Å²) < 4.78 is 38.3. The van der Waals surface area contributed by atoms with E-state index >= 15 is 0 Å². The van der Waals surface area contributed by atoms with Crippen LogP contribution in [0, 0.1) is 11.3 Å². The fourth-order valence-corrected chi connectivity index (χ4v) is 3.44. The average Bonchev–Trinajstić information content (AvgIpc) is 2.96. The van der Waals surface area contributed by atoms with Crippen LogP contribution in [-0.4, -0.2) is 34.4 Å². The van der Waals surface area contributed by atoms with Gasteiger partial charge in [0, 0.05) is 11.5 Å². The van der Waals surface area contributed by atoms with Crippen molar-refractivity contribution in [1.29, 1.82) is 5.26 Å². The fraction of sp³-hybridized carbons (Fsp3) is 0.300. The number of hydrogen-bond donors (Lipinski definition) is 3. The summed E-state index contributed by atoms with van der Waals surface area (Å²) in [5.41, 5.74) is 0.168. The molecule has 1 saturated carbocycles. The molecule has 0 radical (unpaired) electrons. The molecule has 1 amide bonds. The first kappa shape index (κ1) is 19.9. The number of nitriles is 1. The number of aliphatic hydroxyl groups excluding tert-OH is 2. The highest BCUT2D eigenvalue weighted by Gasteiger charge is 2.43. The minimum Gasteiger partial charge on any atom is -0.390 e. The van der Waals surface area contributed by atoms with E-state index in [9.17, 15) is 28.2 Å². The molecule has 0 aliphatic heterocycles. The maximum absolute atomic E-state index is 12.8. The van der Waals surface area contributed by atoms with E-state index in [2.05, 4.69) is 5.32 Å². The van der Waals surface area contributed by atoms with Gasteiger partial charge < -0.3 is 15.5 Å². The number of amides is 1. The lowest BCUT2D eigenvalue weighted by atomic mass is 9.92. The van der Waals surface area contributed by atoms with E-state index in [1.54, 1.807) is 6.07 Å². The Balaban J connectivity index is 1.83. The third-order valence-corrected chi connectivity index (χ3v) is 4.91. The molecule has 0 bridgehead atoms. The molecule has 2 aromatic rings. The number of nitrogens with one attached hydrogen (secondary N) is 1. The lowest BCUT2D eigenvalue weighted by Gasteiger charge is -2.24. The summed E-state index contributed by atoms with van der Waals surface area (Å²) in [5, 5.41) is 31.9. The second kappa shape index (κ2) is 7.62. The molecule has 146 valence electrons. The van der Waals surface area contributed by atoms with Crippen molar-refractivity contribution in [3.63, 3.8) is 0 Å². The highest BCUT2D eigenvalue weighted by molar-refractivity contribution is 5.94. The molecule has 1 fully saturated rings.